The molecular weight excluding hydrogens is 382 g/mol. The zero-order valence-corrected chi connectivity index (χ0v) is 17.1. The summed E-state index contributed by atoms with van der Waals surface area (Å²) in [6, 6.07) is 17.0. The second-order valence-corrected chi connectivity index (χ2v) is 8.37. The maximum Gasteiger partial charge on any atom is 0.260 e. The van der Waals surface area contributed by atoms with Crippen molar-refractivity contribution in [3.05, 3.63) is 98.2 Å². The van der Waals surface area contributed by atoms with Crippen molar-refractivity contribution in [3.8, 4) is 0 Å². The van der Waals surface area contributed by atoms with Crippen LogP contribution in [0.2, 0.25) is 0 Å². The molecule has 0 atom stereocenters. The molecule has 0 N–H and O–H groups in total. The van der Waals surface area contributed by atoms with Gasteiger partial charge < -0.3 is 9.47 Å². The van der Waals surface area contributed by atoms with Crippen molar-refractivity contribution in [1.82, 2.24) is 14.5 Å². The second kappa shape index (κ2) is 8.01. The van der Waals surface area contributed by atoms with Crippen LogP contribution in [0, 0.1) is 6.92 Å². The lowest BCUT2D eigenvalue weighted by molar-refractivity contribution is 0.0727. The smallest absolute Gasteiger partial charge is 0.260 e. The van der Waals surface area contributed by atoms with Crippen molar-refractivity contribution < 1.29 is 4.79 Å². The normalized spacial score (nSPS) is 11.0. The molecule has 4 rings (SSSR count). The van der Waals surface area contributed by atoms with Gasteiger partial charge in [-0.1, -0.05) is 18.2 Å². The highest BCUT2D eigenvalue weighted by Crippen LogP contribution is 2.20. The van der Waals surface area contributed by atoms with Gasteiger partial charge in [0.15, 0.2) is 0 Å². The number of pyridine rings is 2. The quantitative estimate of drug-likeness (QED) is 0.503. The lowest BCUT2D eigenvalue weighted by atomic mass is 10.1. The molecule has 1 amide bonds. The number of amides is 1. The molecule has 0 bridgehead atoms. The van der Waals surface area contributed by atoms with E-state index in [0.717, 1.165) is 16.1 Å². The van der Waals surface area contributed by atoms with E-state index in [9.17, 15) is 9.59 Å². The SMILES string of the molecule is Cc1ccc(CN(Cc2ccccn2)C(=O)c2cn(C)c3ccccc3c2=O)s1. The molecule has 0 unspecified atom stereocenters. The minimum Gasteiger partial charge on any atom is -0.350 e. The fraction of sp³-hybridized carbons (Fsp3) is 0.174. The lowest BCUT2D eigenvalue weighted by Crippen LogP contribution is -2.34. The van der Waals surface area contributed by atoms with Gasteiger partial charge in [0.1, 0.15) is 5.56 Å². The molecule has 5 nitrogen and oxygen atoms in total. The Hall–Kier alpha value is -3.25. The van der Waals surface area contributed by atoms with Crippen molar-refractivity contribution in [2.45, 2.75) is 20.0 Å². The van der Waals surface area contributed by atoms with Crippen LogP contribution in [-0.2, 0) is 20.1 Å². The van der Waals surface area contributed by atoms with Gasteiger partial charge in [-0.05, 0) is 43.3 Å². The summed E-state index contributed by atoms with van der Waals surface area (Å²) in [5.74, 6) is -0.284. The number of fused-ring (bicyclic) bond motifs is 1. The number of thiophene rings is 1. The van der Waals surface area contributed by atoms with Crippen LogP contribution in [0.25, 0.3) is 10.9 Å². The Bertz CT molecular complexity index is 1230. The molecule has 1 aromatic carbocycles. The van der Waals surface area contributed by atoms with Gasteiger partial charge in [-0.2, -0.15) is 0 Å². The highest BCUT2D eigenvalue weighted by atomic mass is 32.1. The van der Waals surface area contributed by atoms with E-state index in [4.69, 9.17) is 0 Å². The molecule has 0 aliphatic heterocycles. The average Bonchev–Trinajstić information content (AvgIpc) is 3.15. The summed E-state index contributed by atoms with van der Waals surface area (Å²) in [5.41, 5.74) is 1.53. The maximum atomic E-state index is 13.5. The van der Waals surface area contributed by atoms with Gasteiger partial charge in [-0.25, -0.2) is 0 Å². The van der Waals surface area contributed by atoms with E-state index in [0.29, 0.717) is 18.5 Å². The molecule has 4 aromatic rings. The van der Waals surface area contributed by atoms with Crippen LogP contribution in [0.15, 0.2) is 71.8 Å². The number of hydrogen-bond acceptors (Lipinski definition) is 4. The van der Waals surface area contributed by atoms with Gasteiger partial charge in [-0.15, -0.1) is 11.3 Å². The Balaban J connectivity index is 1.75. The number of rotatable bonds is 5. The number of nitrogens with zero attached hydrogens (tertiary/aromatic N) is 3. The third kappa shape index (κ3) is 3.98. The monoisotopic (exact) mass is 403 g/mol. The Morgan fingerprint density at radius 2 is 1.86 bits per heavy atom. The van der Waals surface area contributed by atoms with Gasteiger partial charge in [0.05, 0.1) is 24.3 Å². The molecule has 0 saturated carbocycles. The zero-order valence-electron chi connectivity index (χ0n) is 16.3. The number of carbonyl (C=O) groups is 1. The third-order valence-electron chi connectivity index (χ3n) is 4.84. The van der Waals surface area contributed by atoms with Crippen LogP contribution in [0.5, 0.6) is 0 Å². The van der Waals surface area contributed by atoms with E-state index in [1.165, 1.54) is 4.88 Å². The summed E-state index contributed by atoms with van der Waals surface area (Å²) >= 11 is 1.65. The molecule has 0 aliphatic carbocycles. The van der Waals surface area contributed by atoms with Crippen LogP contribution >= 0.6 is 11.3 Å². The second-order valence-electron chi connectivity index (χ2n) is 6.99. The van der Waals surface area contributed by atoms with Crippen molar-refractivity contribution >= 4 is 28.1 Å². The first kappa shape index (κ1) is 19.1. The largest absolute Gasteiger partial charge is 0.350 e. The zero-order chi connectivity index (χ0) is 20.4. The van der Waals surface area contributed by atoms with E-state index in [-0.39, 0.29) is 16.9 Å². The van der Waals surface area contributed by atoms with Crippen LogP contribution in [0.3, 0.4) is 0 Å². The third-order valence-corrected chi connectivity index (χ3v) is 5.82. The van der Waals surface area contributed by atoms with Crippen LogP contribution in [-0.4, -0.2) is 20.4 Å². The Morgan fingerprint density at radius 3 is 2.59 bits per heavy atom. The van der Waals surface area contributed by atoms with Crippen molar-refractivity contribution in [3.63, 3.8) is 0 Å². The van der Waals surface area contributed by atoms with E-state index >= 15 is 0 Å². The fourth-order valence-corrected chi connectivity index (χ4v) is 4.31. The maximum absolute atomic E-state index is 13.5. The Labute approximate surface area is 172 Å². The Morgan fingerprint density at radius 1 is 1.07 bits per heavy atom. The molecule has 0 spiro atoms. The van der Waals surface area contributed by atoms with E-state index < -0.39 is 0 Å². The number of para-hydroxylation sites is 1. The van der Waals surface area contributed by atoms with Crippen molar-refractivity contribution in [1.29, 1.82) is 0 Å². The predicted molar refractivity (Wildman–Crippen MR) is 116 cm³/mol. The van der Waals surface area contributed by atoms with Crippen molar-refractivity contribution in [2.75, 3.05) is 0 Å². The van der Waals surface area contributed by atoms with Gasteiger partial charge in [0.25, 0.3) is 5.91 Å². The summed E-state index contributed by atoms with van der Waals surface area (Å²) in [7, 11) is 1.85. The number of carbonyl (C=O) groups excluding carboxylic acids is 1. The molecule has 6 heteroatoms. The van der Waals surface area contributed by atoms with Crippen LogP contribution in [0.1, 0.15) is 25.8 Å². The number of aromatic nitrogens is 2. The number of aryl methyl sites for hydroxylation is 2. The summed E-state index contributed by atoms with van der Waals surface area (Å²) in [6.45, 7) is 2.81. The molecule has 0 fully saturated rings. The summed E-state index contributed by atoms with van der Waals surface area (Å²) < 4.78 is 1.83. The standard InChI is InChI=1S/C23H21N3O2S/c1-16-10-11-18(29-16)14-26(13-17-7-5-6-12-24-17)23(28)20-15-25(2)21-9-4-3-8-19(21)22(20)27/h3-12,15H,13-14H2,1-2H3. The molecule has 146 valence electrons. The molecule has 3 heterocycles. The molecule has 29 heavy (non-hydrogen) atoms. The highest BCUT2D eigenvalue weighted by Gasteiger charge is 2.22. The van der Waals surface area contributed by atoms with Crippen LogP contribution in [0.4, 0.5) is 0 Å². The predicted octanol–water partition coefficient (Wildman–Crippen LogP) is 4.15. The first-order chi connectivity index (χ1) is 14.0. The molecule has 0 saturated heterocycles. The lowest BCUT2D eigenvalue weighted by Gasteiger charge is -2.22. The first-order valence-corrected chi connectivity index (χ1v) is 10.2. The van der Waals surface area contributed by atoms with Gasteiger partial charge in [-0.3, -0.25) is 14.6 Å². The summed E-state index contributed by atoms with van der Waals surface area (Å²) in [4.78, 5) is 34.8. The molecule has 0 radical (unpaired) electrons. The van der Waals surface area contributed by atoms with E-state index in [1.54, 1.807) is 34.7 Å². The minimum atomic E-state index is -0.284. The average molecular weight is 404 g/mol. The van der Waals surface area contributed by atoms with Gasteiger partial charge in [0.2, 0.25) is 5.43 Å². The highest BCUT2D eigenvalue weighted by molar-refractivity contribution is 7.11. The molecular formula is C23H21N3O2S. The fourth-order valence-electron chi connectivity index (χ4n) is 3.41. The molecule has 0 aliphatic rings. The van der Waals surface area contributed by atoms with Crippen molar-refractivity contribution in [2.24, 2.45) is 7.05 Å². The minimum absolute atomic E-state index is 0.176. The topological polar surface area (TPSA) is 55.2 Å². The van der Waals surface area contributed by atoms with E-state index in [1.807, 2.05) is 67.1 Å². The first-order valence-electron chi connectivity index (χ1n) is 9.36. The number of hydrogen-bond donors (Lipinski definition) is 0. The summed E-state index contributed by atoms with van der Waals surface area (Å²) in [6.07, 6.45) is 3.35. The van der Waals surface area contributed by atoms with Crippen LogP contribution < -0.4 is 5.43 Å². The molecule has 3 aromatic heterocycles. The Kier molecular flexibility index (Phi) is 5.27. The van der Waals surface area contributed by atoms with Gasteiger partial charge in [0, 0.05) is 34.6 Å². The van der Waals surface area contributed by atoms with Gasteiger partial charge >= 0.3 is 0 Å². The summed E-state index contributed by atoms with van der Waals surface area (Å²) in [5, 5.41) is 0.547. The van der Waals surface area contributed by atoms with E-state index in [2.05, 4.69) is 4.98 Å². The number of benzene rings is 1.